The Hall–Kier alpha value is -1.55. The molecule has 1 N–H and O–H groups in total. The molecule has 0 saturated carbocycles. The maximum Gasteiger partial charge on any atom is 0.322 e. The predicted molar refractivity (Wildman–Crippen MR) is 75.2 cm³/mol. The topological polar surface area (TPSA) is 47.6 Å². The van der Waals surface area contributed by atoms with E-state index in [1.165, 1.54) is 7.11 Å². The molecule has 19 heavy (non-hydrogen) atoms. The lowest BCUT2D eigenvalue weighted by Gasteiger charge is -2.17. The van der Waals surface area contributed by atoms with E-state index in [0.29, 0.717) is 6.54 Å². The second-order valence-corrected chi connectivity index (χ2v) is 4.41. The summed E-state index contributed by atoms with van der Waals surface area (Å²) in [4.78, 5) is 11.7. The van der Waals surface area contributed by atoms with E-state index < -0.39 is 0 Å². The molecule has 4 nitrogen and oxygen atoms in total. The lowest BCUT2D eigenvalue weighted by molar-refractivity contribution is -0.143. The molecule has 0 aliphatic carbocycles. The van der Waals surface area contributed by atoms with Crippen LogP contribution in [0.3, 0.4) is 0 Å². The molecular formula is C15H23NO3. The SMILES string of the molecule is CCCCC(NCc1ccccc1OC)C(=O)OC. The first-order chi connectivity index (χ1) is 9.22. The number of hydrogen-bond donors (Lipinski definition) is 1. The molecule has 0 spiro atoms. The highest BCUT2D eigenvalue weighted by atomic mass is 16.5. The van der Waals surface area contributed by atoms with Crippen molar-refractivity contribution in [3.63, 3.8) is 0 Å². The number of hydrogen-bond acceptors (Lipinski definition) is 4. The number of methoxy groups -OCH3 is 2. The number of rotatable bonds is 8. The Bertz CT molecular complexity index is 393. The number of esters is 1. The largest absolute Gasteiger partial charge is 0.496 e. The maximum absolute atomic E-state index is 11.7. The van der Waals surface area contributed by atoms with Gasteiger partial charge < -0.3 is 14.8 Å². The third kappa shape index (κ3) is 4.91. The molecule has 0 bridgehead atoms. The third-order valence-electron chi connectivity index (χ3n) is 3.06. The van der Waals surface area contributed by atoms with Crippen LogP contribution in [0.4, 0.5) is 0 Å². The lowest BCUT2D eigenvalue weighted by atomic mass is 10.1. The molecule has 0 radical (unpaired) electrons. The van der Waals surface area contributed by atoms with Gasteiger partial charge in [0, 0.05) is 12.1 Å². The van der Waals surface area contributed by atoms with E-state index >= 15 is 0 Å². The summed E-state index contributed by atoms with van der Waals surface area (Å²) < 4.78 is 10.1. The van der Waals surface area contributed by atoms with Crippen LogP contribution in [0.15, 0.2) is 24.3 Å². The first-order valence-electron chi connectivity index (χ1n) is 6.66. The second kappa shape index (κ2) is 8.53. The highest BCUT2D eigenvalue weighted by Gasteiger charge is 2.18. The fraction of sp³-hybridized carbons (Fsp3) is 0.533. The molecule has 0 aliphatic rings. The van der Waals surface area contributed by atoms with Gasteiger partial charge in [0.25, 0.3) is 0 Å². The van der Waals surface area contributed by atoms with Gasteiger partial charge in [-0.05, 0) is 12.5 Å². The van der Waals surface area contributed by atoms with Gasteiger partial charge in [0.15, 0.2) is 0 Å². The van der Waals surface area contributed by atoms with Crippen LogP contribution in [0, 0.1) is 0 Å². The monoisotopic (exact) mass is 265 g/mol. The highest BCUT2D eigenvalue weighted by molar-refractivity contribution is 5.75. The van der Waals surface area contributed by atoms with E-state index in [2.05, 4.69) is 12.2 Å². The summed E-state index contributed by atoms with van der Waals surface area (Å²) in [6.45, 7) is 2.70. The van der Waals surface area contributed by atoms with Crippen LogP contribution in [-0.2, 0) is 16.1 Å². The number of ether oxygens (including phenoxy) is 2. The number of carbonyl (C=O) groups is 1. The lowest BCUT2D eigenvalue weighted by Crippen LogP contribution is -2.37. The van der Waals surface area contributed by atoms with Crippen LogP contribution in [0.1, 0.15) is 31.7 Å². The van der Waals surface area contributed by atoms with Crippen molar-refractivity contribution in [3.05, 3.63) is 29.8 Å². The molecule has 0 heterocycles. The van der Waals surface area contributed by atoms with Gasteiger partial charge in [-0.25, -0.2) is 0 Å². The average Bonchev–Trinajstić information content (AvgIpc) is 2.47. The van der Waals surface area contributed by atoms with E-state index in [4.69, 9.17) is 9.47 Å². The van der Waals surface area contributed by atoms with Crippen molar-refractivity contribution in [2.45, 2.75) is 38.8 Å². The first-order valence-corrected chi connectivity index (χ1v) is 6.66. The van der Waals surface area contributed by atoms with E-state index in [1.54, 1.807) is 7.11 Å². The van der Waals surface area contributed by atoms with Gasteiger partial charge in [-0.15, -0.1) is 0 Å². The van der Waals surface area contributed by atoms with Crippen LogP contribution in [0.2, 0.25) is 0 Å². The molecule has 0 aromatic heterocycles. The summed E-state index contributed by atoms with van der Waals surface area (Å²) in [5.41, 5.74) is 1.04. The quantitative estimate of drug-likeness (QED) is 0.734. The van der Waals surface area contributed by atoms with Crippen molar-refractivity contribution in [3.8, 4) is 5.75 Å². The van der Waals surface area contributed by atoms with Gasteiger partial charge in [0.1, 0.15) is 11.8 Å². The predicted octanol–water partition coefficient (Wildman–Crippen LogP) is 2.52. The van der Waals surface area contributed by atoms with Gasteiger partial charge >= 0.3 is 5.97 Å². The molecule has 1 atom stereocenters. The van der Waals surface area contributed by atoms with Crippen LogP contribution >= 0.6 is 0 Å². The van der Waals surface area contributed by atoms with Crippen molar-refractivity contribution in [1.29, 1.82) is 0 Å². The van der Waals surface area contributed by atoms with Crippen LogP contribution < -0.4 is 10.1 Å². The van der Waals surface area contributed by atoms with Crippen molar-refractivity contribution in [2.75, 3.05) is 14.2 Å². The Morgan fingerprint density at radius 1 is 1.32 bits per heavy atom. The Kier molecular flexibility index (Phi) is 6.97. The first kappa shape index (κ1) is 15.5. The minimum absolute atomic E-state index is 0.205. The summed E-state index contributed by atoms with van der Waals surface area (Å²) >= 11 is 0. The van der Waals surface area contributed by atoms with Crippen molar-refractivity contribution < 1.29 is 14.3 Å². The van der Waals surface area contributed by atoms with E-state index in [0.717, 1.165) is 30.6 Å². The number of carbonyl (C=O) groups excluding carboxylic acids is 1. The van der Waals surface area contributed by atoms with Crippen molar-refractivity contribution in [1.82, 2.24) is 5.32 Å². The Labute approximate surface area is 115 Å². The van der Waals surface area contributed by atoms with Gasteiger partial charge in [-0.2, -0.15) is 0 Å². The zero-order chi connectivity index (χ0) is 14.1. The molecule has 1 aromatic carbocycles. The molecule has 0 fully saturated rings. The molecule has 1 aromatic rings. The smallest absolute Gasteiger partial charge is 0.322 e. The van der Waals surface area contributed by atoms with Gasteiger partial charge in [-0.3, -0.25) is 4.79 Å². The molecular weight excluding hydrogens is 242 g/mol. The fourth-order valence-corrected chi connectivity index (χ4v) is 1.94. The number of para-hydroxylation sites is 1. The minimum Gasteiger partial charge on any atom is -0.496 e. The molecule has 106 valence electrons. The second-order valence-electron chi connectivity index (χ2n) is 4.41. The number of unbranched alkanes of at least 4 members (excludes halogenated alkanes) is 1. The highest BCUT2D eigenvalue weighted by Crippen LogP contribution is 2.17. The minimum atomic E-state index is -0.255. The molecule has 0 amide bonds. The molecule has 0 saturated heterocycles. The Morgan fingerprint density at radius 2 is 2.05 bits per heavy atom. The van der Waals surface area contributed by atoms with Gasteiger partial charge in [-0.1, -0.05) is 38.0 Å². The molecule has 0 aliphatic heterocycles. The van der Waals surface area contributed by atoms with Crippen molar-refractivity contribution >= 4 is 5.97 Å². The maximum atomic E-state index is 11.7. The summed E-state index contributed by atoms with van der Waals surface area (Å²) in [5.74, 6) is 0.623. The summed E-state index contributed by atoms with van der Waals surface area (Å²) in [6.07, 6.45) is 2.85. The van der Waals surface area contributed by atoms with Crippen LogP contribution in [0.25, 0.3) is 0 Å². The molecule has 1 unspecified atom stereocenters. The Balaban J connectivity index is 2.62. The molecule has 1 rings (SSSR count). The zero-order valence-corrected chi connectivity index (χ0v) is 11.9. The summed E-state index contributed by atoms with van der Waals surface area (Å²) in [6, 6.07) is 7.53. The Morgan fingerprint density at radius 3 is 2.68 bits per heavy atom. The number of benzene rings is 1. The van der Waals surface area contributed by atoms with Crippen LogP contribution in [0.5, 0.6) is 5.75 Å². The third-order valence-corrected chi connectivity index (χ3v) is 3.06. The zero-order valence-electron chi connectivity index (χ0n) is 11.9. The normalized spacial score (nSPS) is 11.9. The van der Waals surface area contributed by atoms with E-state index in [1.807, 2.05) is 24.3 Å². The van der Waals surface area contributed by atoms with E-state index in [9.17, 15) is 4.79 Å². The average molecular weight is 265 g/mol. The van der Waals surface area contributed by atoms with E-state index in [-0.39, 0.29) is 12.0 Å². The standard InChI is InChI=1S/C15H23NO3/c1-4-5-9-13(15(17)19-3)16-11-12-8-6-7-10-14(12)18-2/h6-8,10,13,16H,4-5,9,11H2,1-3H3. The van der Waals surface area contributed by atoms with Crippen LogP contribution in [-0.4, -0.2) is 26.2 Å². The van der Waals surface area contributed by atoms with Crippen molar-refractivity contribution in [2.24, 2.45) is 0 Å². The summed E-state index contributed by atoms with van der Waals surface area (Å²) in [5, 5.41) is 3.24. The van der Waals surface area contributed by atoms with Gasteiger partial charge in [0.05, 0.1) is 14.2 Å². The summed E-state index contributed by atoms with van der Waals surface area (Å²) in [7, 11) is 3.07. The number of nitrogens with one attached hydrogen (secondary N) is 1. The fourth-order valence-electron chi connectivity index (χ4n) is 1.94. The molecule has 4 heteroatoms. The van der Waals surface area contributed by atoms with Gasteiger partial charge in [0.2, 0.25) is 0 Å².